The predicted octanol–water partition coefficient (Wildman–Crippen LogP) is 4.67. The van der Waals surface area contributed by atoms with Crippen molar-refractivity contribution in [2.24, 2.45) is 5.92 Å². The van der Waals surface area contributed by atoms with E-state index in [4.69, 9.17) is 0 Å². The number of H-pyrrole nitrogens is 1. The minimum absolute atomic E-state index is 0.136. The van der Waals surface area contributed by atoms with Crippen molar-refractivity contribution in [2.75, 3.05) is 6.54 Å². The van der Waals surface area contributed by atoms with Crippen LogP contribution in [0.3, 0.4) is 0 Å². The topological polar surface area (TPSA) is 94.3 Å². The molecule has 3 amide bonds. The molecule has 3 N–H and O–H groups in total. The van der Waals surface area contributed by atoms with Crippen LogP contribution in [0.1, 0.15) is 59.1 Å². The van der Waals surface area contributed by atoms with Crippen LogP contribution in [0, 0.1) is 11.7 Å². The fraction of sp³-hybridized carbons (Fsp3) is 0.303. The number of nitrogens with zero attached hydrogens (tertiary/aromatic N) is 1. The van der Waals surface area contributed by atoms with E-state index in [0.717, 1.165) is 33.3 Å². The largest absolute Gasteiger partial charge is 0.356 e. The third kappa shape index (κ3) is 4.77. The van der Waals surface area contributed by atoms with Gasteiger partial charge in [-0.1, -0.05) is 68.8 Å². The molecule has 7 nitrogen and oxygen atoms in total. The van der Waals surface area contributed by atoms with Crippen molar-refractivity contribution in [2.45, 2.75) is 51.2 Å². The van der Waals surface area contributed by atoms with Gasteiger partial charge in [-0.3, -0.25) is 14.4 Å². The number of nitrogens with one attached hydrogen (secondary N) is 3. The number of para-hydroxylation sites is 1. The maximum absolute atomic E-state index is 14.0. The van der Waals surface area contributed by atoms with Crippen LogP contribution in [-0.4, -0.2) is 46.2 Å². The van der Waals surface area contributed by atoms with Gasteiger partial charge in [0.05, 0.1) is 6.04 Å². The molecule has 210 valence electrons. The van der Waals surface area contributed by atoms with Crippen LogP contribution in [0.15, 0.2) is 72.8 Å². The number of hydrogen-bond acceptors (Lipinski definition) is 3. The van der Waals surface area contributed by atoms with Crippen molar-refractivity contribution < 1.29 is 18.8 Å². The van der Waals surface area contributed by atoms with Gasteiger partial charge in [0.15, 0.2) is 0 Å². The first-order valence-electron chi connectivity index (χ1n) is 14.2. The third-order valence-corrected chi connectivity index (χ3v) is 8.55. The van der Waals surface area contributed by atoms with Gasteiger partial charge in [0.1, 0.15) is 17.9 Å². The van der Waals surface area contributed by atoms with Gasteiger partial charge < -0.3 is 20.5 Å². The molecule has 0 aliphatic carbocycles. The van der Waals surface area contributed by atoms with E-state index in [1.54, 1.807) is 17.0 Å². The lowest BCUT2D eigenvalue weighted by Crippen LogP contribution is -2.58. The van der Waals surface area contributed by atoms with Crippen LogP contribution in [0.25, 0.3) is 10.9 Å². The van der Waals surface area contributed by atoms with Crippen molar-refractivity contribution >= 4 is 28.6 Å². The number of amides is 3. The molecule has 2 aliphatic heterocycles. The van der Waals surface area contributed by atoms with Gasteiger partial charge >= 0.3 is 0 Å². The summed E-state index contributed by atoms with van der Waals surface area (Å²) in [5.41, 5.74) is 5.16. The van der Waals surface area contributed by atoms with Gasteiger partial charge in [-0.2, -0.15) is 0 Å². The highest BCUT2D eigenvalue weighted by molar-refractivity contribution is 6.04. The Bertz CT molecular complexity index is 1650. The number of aromatic nitrogens is 1. The van der Waals surface area contributed by atoms with E-state index in [9.17, 15) is 18.8 Å². The molecule has 41 heavy (non-hydrogen) atoms. The van der Waals surface area contributed by atoms with Gasteiger partial charge in [0, 0.05) is 35.1 Å². The SMILES string of the molecule is CC[C@@H](C)[C@H](NC(=O)[C@@H]1Cc2c([nH]c3ccccc23)[C@@H]2c3ccccc3C(=O)N21)C(=O)NCCc1cccc(F)c1. The van der Waals surface area contributed by atoms with E-state index in [1.807, 2.05) is 62.4 Å². The summed E-state index contributed by atoms with van der Waals surface area (Å²) in [6.45, 7) is 4.21. The molecular weight excluding hydrogens is 519 g/mol. The predicted molar refractivity (Wildman–Crippen MR) is 155 cm³/mol. The van der Waals surface area contributed by atoms with Gasteiger partial charge in [0.25, 0.3) is 5.91 Å². The molecule has 0 bridgehead atoms. The quantitative estimate of drug-likeness (QED) is 0.297. The molecule has 0 spiro atoms. The summed E-state index contributed by atoms with van der Waals surface area (Å²) in [5, 5.41) is 6.96. The van der Waals surface area contributed by atoms with Crippen LogP contribution in [0.4, 0.5) is 4.39 Å². The van der Waals surface area contributed by atoms with E-state index in [-0.39, 0.29) is 29.5 Å². The second-order valence-corrected chi connectivity index (χ2v) is 11.0. The molecule has 3 heterocycles. The van der Waals surface area contributed by atoms with Crippen LogP contribution in [0.5, 0.6) is 0 Å². The molecule has 1 aromatic heterocycles. The first-order valence-corrected chi connectivity index (χ1v) is 14.2. The molecular formula is C33H33FN4O3. The second kappa shape index (κ2) is 10.8. The lowest BCUT2D eigenvalue weighted by Gasteiger charge is -2.38. The van der Waals surface area contributed by atoms with E-state index in [0.29, 0.717) is 31.4 Å². The lowest BCUT2D eigenvalue weighted by atomic mass is 9.89. The van der Waals surface area contributed by atoms with Crippen molar-refractivity contribution in [3.05, 3.63) is 107 Å². The number of carbonyl (C=O) groups excluding carboxylic acids is 3. The molecule has 0 fully saturated rings. The zero-order valence-electron chi connectivity index (χ0n) is 23.1. The van der Waals surface area contributed by atoms with Crippen LogP contribution < -0.4 is 10.6 Å². The fourth-order valence-corrected chi connectivity index (χ4v) is 6.22. The Hall–Kier alpha value is -4.46. The van der Waals surface area contributed by atoms with Gasteiger partial charge in [-0.15, -0.1) is 0 Å². The molecule has 0 saturated carbocycles. The summed E-state index contributed by atoms with van der Waals surface area (Å²) in [6, 6.07) is 19.8. The molecule has 8 heteroatoms. The Balaban J connectivity index is 1.27. The zero-order valence-corrected chi connectivity index (χ0v) is 23.1. The number of benzene rings is 3. The highest BCUT2D eigenvalue weighted by Crippen LogP contribution is 2.46. The first kappa shape index (κ1) is 26.7. The highest BCUT2D eigenvalue weighted by atomic mass is 19.1. The Morgan fingerprint density at radius 1 is 1.07 bits per heavy atom. The molecule has 3 aromatic carbocycles. The van der Waals surface area contributed by atoms with Crippen LogP contribution >= 0.6 is 0 Å². The summed E-state index contributed by atoms with van der Waals surface area (Å²) in [6.07, 6.45) is 1.49. The highest BCUT2D eigenvalue weighted by Gasteiger charge is 2.49. The van der Waals surface area contributed by atoms with Gasteiger partial charge in [-0.05, 0) is 53.3 Å². The number of hydrogen-bond donors (Lipinski definition) is 3. The zero-order chi connectivity index (χ0) is 28.7. The summed E-state index contributed by atoms with van der Waals surface area (Å²) in [4.78, 5) is 46.3. The Morgan fingerprint density at radius 3 is 2.66 bits per heavy atom. The van der Waals surface area contributed by atoms with Crippen molar-refractivity contribution in [1.82, 2.24) is 20.5 Å². The molecule has 6 rings (SSSR count). The standard InChI is InChI=1S/C33H33FN4O3/c1-3-19(2)28(32(40)35-16-15-20-9-8-10-21(34)17-20)37-31(39)27-18-25-22-11-6-7-14-26(22)36-29(25)30-23-12-4-5-13-24(23)33(41)38(27)30/h4-14,17,19,27-28,30,36H,3,15-16,18H2,1-2H3,(H,35,40)(H,37,39)/t19-,27+,28+,30+/m1/s1. The first-order chi connectivity index (χ1) is 19.9. The van der Waals surface area contributed by atoms with Crippen LogP contribution in [-0.2, 0) is 22.4 Å². The second-order valence-electron chi connectivity index (χ2n) is 11.0. The molecule has 4 aromatic rings. The Kier molecular flexibility index (Phi) is 7.07. The van der Waals surface area contributed by atoms with Gasteiger partial charge in [0.2, 0.25) is 11.8 Å². The van der Waals surface area contributed by atoms with Crippen molar-refractivity contribution in [3.63, 3.8) is 0 Å². The third-order valence-electron chi connectivity index (χ3n) is 8.55. The normalized spacial score (nSPS) is 18.8. The molecule has 2 aliphatic rings. The number of carbonyl (C=O) groups is 3. The average molecular weight is 553 g/mol. The van der Waals surface area contributed by atoms with Crippen molar-refractivity contribution in [3.8, 4) is 0 Å². The smallest absolute Gasteiger partial charge is 0.255 e. The number of rotatable bonds is 8. The fourth-order valence-electron chi connectivity index (χ4n) is 6.22. The number of halogens is 1. The molecule has 0 unspecified atom stereocenters. The maximum atomic E-state index is 14.0. The van der Waals surface area contributed by atoms with E-state index in [1.165, 1.54) is 12.1 Å². The van der Waals surface area contributed by atoms with E-state index >= 15 is 0 Å². The van der Waals surface area contributed by atoms with E-state index < -0.39 is 18.1 Å². The van der Waals surface area contributed by atoms with Gasteiger partial charge in [-0.25, -0.2) is 4.39 Å². The number of aromatic amines is 1. The number of fused-ring (bicyclic) bond motifs is 7. The Labute approximate surface area is 238 Å². The summed E-state index contributed by atoms with van der Waals surface area (Å²) >= 11 is 0. The van der Waals surface area contributed by atoms with Crippen molar-refractivity contribution in [1.29, 1.82) is 0 Å². The lowest BCUT2D eigenvalue weighted by molar-refractivity contribution is -0.133. The molecule has 0 saturated heterocycles. The monoisotopic (exact) mass is 552 g/mol. The van der Waals surface area contributed by atoms with Crippen LogP contribution in [0.2, 0.25) is 0 Å². The minimum Gasteiger partial charge on any atom is -0.356 e. The van der Waals surface area contributed by atoms with E-state index in [2.05, 4.69) is 15.6 Å². The molecule has 4 atom stereocenters. The average Bonchev–Trinajstić information content (AvgIpc) is 3.50. The minimum atomic E-state index is -0.779. The summed E-state index contributed by atoms with van der Waals surface area (Å²) in [7, 11) is 0. The maximum Gasteiger partial charge on any atom is 0.255 e. The Morgan fingerprint density at radius 2 is 1.85 bits per heavy atom. The summed E-state index contributed by atoms with van der Waals surface area (Å²) in [5.74, 6) is -1.28. The summed E-state index contributed by atoms with van der Waals surface area (Å²) < 4.78 is 13.6. The molecule has 0 radical (unpaired) electrons.